The van der Waals surface area contributed by atoms with E-state index in [1.165, 1.54) is 0 Å². The first-order valence-electron chi connectivity index (χ1n) is 10.7. The Bertz CT molecular complexity index is 979. The zero-order valence-corrected chi connectivity index (χ0v) is 18.6. The SMILES string of the molecule is CCN(CC)C(=O)NCc1nnn2c1COC1(CCN(C(=O)c3cc(C)nn3C)C1)C2. The molecule has 3 amide bonds. The third-order valence-corrected chi connectivity index (χ3v) is 6.15. The molecule has 2 aromatic heterocycles. The Hall–Kier alpha value is -2.95. The van der Waals surface area contributed by atoms with Crippen molar-refractivity contribution in [2.45, 2.75) is 52.5 Å². The minimum atomic E-state index is -0.467. The lowest BCUT2D eigenvalue weighted by molar-refractivity contribution is -0.0828. The number of likely N-dealkylation sites (tertiary alicyclic amines) is 1. The molecule has 2 aliphatic heterocycles. The van der Waals surface area contributed by atoms with Gasteiger partial charge in [0.05, 0.1) is 37.6 Å². The van der Waals surface area contributed by atoms with Crippen molar-refractivity contribution in [3.05, 3.63) is 28.8 Å². The van der Waals surface area contributed by atoms with E-state index in [0.717, 1.165) is 17.8 Å². The van der Waals surface area contributed by atoms with Gasteiger partial charge in [0.2, 0.25) is 0 Å². The van der Waals surface area contributed by atoms with E-state index >= 15 is 0 Å². The zero-order chi connectivity index (χ0) is 22.2. The molecular weight excluding hydrogens is 400 g/mol. The molecule has 0 aromatic carbocycles. The van der Waals surface area contributed by atoms with E-state index in [4.69, 9.17) is 4.74 Å². The molecule has 1 N–H and O–H groups in total. The van der Waals surface area contributed by atoms with E-state index < -0.39 is 5.60 Å². The van der Waals surface area contributed by atoms with E-state index in [1.807, 2.05) is 36.4 Å². The molecule has 1 saturated heterocycles. The largest absolute Gasteiger partial charge is 0.365 e. The third-order valence-electron chi connectivity index (χ3n) is 6.15. The topological polar surface area (TPSA) is 110 Å². The highest BCUT2D eigenvalue weighted by Crippen LogP contribution is 2.33. The molecule has 4 rings (SSSR count). The van der Waals surface area contributed by atoms with Gasteiger partial charge in [-0.1, -0.05) is 5.21 Å². The second kappa shape index (κ2) is 8.29. The molecule has 1 unspecified atom stereocenters. The highest BCUT2D eigenvalue weighted by Gasteiger charge is 2.45. The molecule has 4 heterocycles. The predicted octanol–water partition coefficient (Wildman–Crippen LogP) is 0.687. The summed E-state index contributed by atoms with van der Waals surface area (Å²) in [6.07, 6.45) is 0.739. The van der Waals surface area contributed by atoms with Crippen LogP contribution in [-0.2, 0) is 31.5 Å². The molecule has 31 heavy (non-hydrogen) atoms. The molecule has 11 heteroatoms. The Labute approximate surface area is 181 Å². The van der Waals surface area contributed by atoms with Gasteiger partial charge in [-0.25, -0.2) is 9.48 Å². The molecule has 0 aliphatic carbocycles. The highest BCUT2D eigenvalue weighted by atomic mass is 16.5. The fraction of sp³-hybridized carbons (Fsp3) is 0.650. The number of aromatic nitrogens is 5. The van der Waals surface area contributed by atoms with Crippen LogP contribution in [0.25, 0.3) is 0 Å². The molecule has 1 atom stereocenters. The van der Waals surface area contributed by atoms with Gasteiger partial charge in [-0.15, -0.1) is 5.10 Å². The lowest BCUT2D eigenvalue weighted by atomic mass is 10.0. The number of amides is 3. The summed E-state index contributed by atoms with van der Waals surface area (Å²) >= 11 is 0. The first-order valence-corrected chi connectivity index (χ1v) is 10.7. The second-order valence-corrected chi connectivity index (χ2v) is 8.21. The van der Waals surface area contributed by atoms with Crippen LogP contribution in [0.3, 0.4) is 0 Å². The Kier molecular flexibility index (Phi) is 5.69. The Morgan fingerprint density at radius 1 is 1.29 bits per heavy atom. The Morgan fingerprint density at radius 2 is 2.06 bits per heavy atom. The number of fused-ring (bicyclic) bond motifs is 1. The van der Waals surface area contributed by atoms with Crippen LogP contribution in [0.4, 0.5) is 4.79 Å². The number of hydrogen-bond acceptors (Lipinski definition) is 6. The summed E-state index contributed by atoms with van der Waals surface area (Å²) in [5.74, 6) is -0.0345. The molecule has 1 fully saturated rings. The predicted molar refractivity (Wildman–Crippen MR) is 111 cm³/mol. The van der Waals surface area contributed by atoms with Crippen molar-refractivity contribution in [1.29, 1.82) is 0 Å². The van der Waals surface area contributed by atoms with Gasteiger partial charge in [0, 0.05) is 26.7 Å². The van der Waals surface area contributed by atoms with Crippen LogP contribution in [0.5, 0.6) is 0 Å². The second-order valence-electron chi connectivity index (χ2n) is 8.21. The van der Waals surface area contributed by atoms with E-state index in [-0.39, 0.29) is 11.9 Å². The monoisotopic (exact) mass is 430 g/mol. The van der Waals surface area contributed by atoms with Crippen molar-refractivity contribution >= 4 is 11.9 Å². The maximum absolute atomic E-state index is 12.9. The molecule has 0 radical (unpaired) electrons. The standard InChI is InChI=1S/C20H30N8O3/c1-5-26(6-2)19(30)21-10-15-17-11-31-20(13-28(17)24-22-15)7-8-27(12-20)18(29)16-9-14(3)23-25(16)4/h9H,5-8,10-13H2,1-4H3,(H,21,30). The van der Waals surface area contributed by atoms with E-state index in [1.54, 1.807) is 16.6 Å². The van der Waals surface area contributed by atoms with Crippen LogP contribution in [0.2, 0.25) is 0 Å². The van der Waals surface area contributed by atoms with Gasteiger partial charge in [0.25, 0.3) is 5.91 Å². The van der Waals surface area contributed by atoms with Gasteiger partial charge >= 0.3 is 6.03 Å². The summed E-state index contributed by atoms with van der Waals surface area (Å²) < 4.78 is 9.74. The normalized spacial score (nSPS) is 20.2. The number of urea groups is 1. The number of aryl methyl sites for hydroxylation is 2. The number of rotatable bonds is 5. The van der Waals surface area contributed by atoms with Gasteiger partial charge < -0.3 is 19.9 Å². The lowest BCUT2D eigenvalue weighted by Gasteiger charge is -2.34. The van der Waals surface area contributed by atoms with Crippen LogP contribution in [-0.4, -0.2) is 78.3 Å². The highest BCUT2D eigenvalue weighted by molar-refractivity contribution is 5.93. The molecule has 168 valence electrons. The minimum absolute atomic E-state index is 0.0345. The van der Waals surface area contributed by atoms with Crippen LogP contribution < -0.4 is 5.32 Å². The summed E-state index contributed by atoms with van der Waals surface area (Å²) in [5.41, 5.74) is 2.52. The van der Waals surface area contributed by atoms with Crippen molar-refractivity contribution < 1.29 is 14.3 Å². The number of nitrogens with one attached hydrogen (secondary N) is 1. The fourth-order valence-corrected chi connectivity index (χ4v) is 4.35. The number of ether oxygens (including phenoxy) is 1. The summed E-state index contributed by atoms with van der Waals surface area (Å²) in [4.78, 5) is 28.7. The summed E-state index contributed by atoms with van der Waals surface area (Å²) in [6.45, 7) is 9.41. The molecular formula is C20H30N8O3. The van der Waals surface area contributed by atoms with Gasteiger partial charge in [0.1, 0.15) is 17.0 Å². The van der Waals surface area contributed by atoms with E-state index in [9.17, 15) is 9.59 Å². The Balaban J connectivity index is 1.40. The average molecular weight is 431 g/mol. The molecule has 0 bridgehead atoms. The minimum Gasteiger partial charge on any atom is -0.365 e. The quantitative estimate of drug-likeness (QED) is 0.747. The van der Waals surface area contributed by atoms with Crippen LogP contribution in [0.15, 0.2) is 6.07 Å². The van der Waals surface area contributed by atoms with Gasteiger partial charge in [-0.2, -0.15) is 5.10 Å². The summed E-state index contributed by atoms with van der Waals surface area (Å²) in [5, 5.41) is 15.7. The molecule has 0 saturated carbocycles. The number of carbonyl (C=O) groups excluding carboxylic acids is 2. The van der Waals surface area contributed by atoms with Crippen LogP contribution in [0.1, 0.15) is 47.8 Å². The maximum Gasteiger partial charge on any atom is 0.317 e. The number of hydrogen-bond donors (Lipinski definition) is 1. The molecule has 2 aliphatic rings. The zero-order valence-electron chi connectivity index (χ0n) is 18.6. The van der Waals surface area contributed by atoms with Crippen molar-refractivity contribution in [1.82, 2.24) is 39.9 Å². The van der Waals surface area contributed by atoms with Crippen molar-refractivity contribution in [2.75, 3.05) is 26.2 Å². The average Bonchev–Trinajstić information content (AvgIpc) is 3.44. The van der Waals surface area contributed by atoms with E-state index in [2.05, 4.69) is 20.7 Å². The number of nitrogens with zero attached hydrogens (tertiary/aromatic N) is 7. The first-order chi connectivity index (χ1) is 14.9. The van der Waals surface area contributed by atoms with Crippen molar-refractivity contribution in [3.63, 3.8) is 0 Å². The van der Waals surface area contributed by atoms with Crippen LogP contribution >= 0.6 is 0 Å². The maximum atomic E-state index is 12.9. The molecule has 11 nitrogen and oxygen atoms in total. The van der Waals surface area contributed by atoms with Crippen molar-refractivity contribution in [3.8, 4) is 0 Å². The number of carbonyl (C=O) groups is 2. The summed E-state index contributed by atoms with van der Waals surface area (Å²) in [6, 6.07) is 1.69. The van der Waals surface area contributed by atoms with Crippen molar-refractivity contribution in [2.24, 2.45) is 7.05 Å². The smallest absolute Gasteiger partial charge is 0.317 e. The third kappa shape index (κ3) is 4.01. The fourth-order valence-electron chi connectivity index (χ4n) is 4.35. The summed E-state index contributed by atoms with van der Waals surface area (Å²) in [7, 11) is 1.78. The van der Waals surface area contributed by atoms with Crippen LogP contribution in [0, 0.1) is 6.92 Å². The first kappa shape index (κ1) is 21.3. The molecule has 1 spiro atoms. The molecule has 2 aromatic rings. The van der Waals surface area contributed by atoms with E-state index in [0.29, 0.717) is 57.3 Å². The Morgan fingerprint density at radius 3 is 2.74 bits per heavy atom. The van der Waals surface area contributed by atoms with Gasteiger partial charge in [0.15, 0.2) is 0 Å². The van der Waals surface area contributed by atoms with Gasteiger partial charge in [-0.3, -0.25) is 9.48 Å². The lowest BCUT2D eigenvalue weighted by Crippen LogP contribution is -2.45. The van der Waals surface area contributed by atoms with Gasteiger partial charge in [-0.05, 0) is 33.3 Å².